The summed E-state index contributed by atoms with van der Waals surface area (Å²) in [6, 6.07) is 10.1. The predicted molar refractivity (Wildman–Crippen MR) is 89.8 cm³/mol. The van der Waals surface area contributed by atoms with Gasteiger partial charge in [0.2, 0.25) is 0 Å². The fraction of sp³-hybridized carbons (Fsp3) is 0.667. The molecule has 1 fully saturated rings. The van der Waals surface area contributed by atoms with Crippen LogP contribution in [-0.2, 0) is 11.3 Å². The van der Waals surface area contributed by atoms with Crippen molar-refractivity contribution in [1.29, 1.82) is 0 Å². The van der Waals surface area contributed by atoms with E-state index in [1.54, 1.807) is 7.11 Å². The Morgan fingerprint density at radius 3 is 2.38 bits per heavy atom. The van der Waals surface area contributed by atoms with Gasteiger partial charge in [-0.25, -0.2) is 0 Å². The highest BCUT2D eigenvalue weighted by atomic mass is 16.5. The molecule has 0 heterocycles. The number of hydrogen-bond donors (Lipinski definition) is 1. The summed E-state index contributed by atoms with van der Waals surface area (Å²) < 4.78 is 5.28. The molecule has 1 saturated carbocycles. The number of ether oxygens (including phenoxy) is 1. The average molecular weight is 290 g/mol. The van der Waals surface area contributed by atoms with Crippen molar-refractivity contribution in [2.45, 2.75) is 52.2 Å². The number of nitrogens with zero attached hydrogens (tertiary/aromatic N) is 1. The Kier molecular flexibility index (Phi) is 6.07. The Bertz CT molecular complexity index is 412. The van der Waals surface area contributed by atoms with Gasteiger partial charge in [0.15, 0.2) is 0 Å². The van der Waals surface area contributed by atoms with E-state index in [4.69, 9.17) is 4.74 Å². The largest absolute Gasteiger partial charge is 0.383 e. The molecule has 0 radical (unpaired) electrons. The third kappa shape index (κ3) is 5.01. The number of rotatable bonds is 9. The molecule has 0 saturated heterocycles. The molecule has 1 aliphatic carbocycles. The van der Waals surface area contributed by atoms with Gasteiger partial charge in [-0.15, -0.1) is 0 Å². The van der Waals surface area contributed by atoms with E-state index >= 15 is 0 Å². The second-order valence-corrected chi connectivity index (χ2v) is 6.47. The van der Waals surface area contributed by atoms with Crippen LogP contribution in [0, 0.1) is 5.92 Å². The zero-order chi connectivity index (χ0) is 15.2. The third-order valence-electron chi connectivity index (χ3n) is 4.31. The minimum Gasteiger partial charge on any atom is -0.383 e. The summed E-state index contributed by atoms with van der Waals surface area (Å²) in [6.07, 6.45) is 2.75. The second kappa shape index (κ2) is 7.81. The highest BCUT2D eigenvalue weighted by molar-refractivity contribution is 5.49. The lowest BCUT2D eigenvalue weighted by atomic mass is 10.1. The van der Waals surface area contributed by atoms with Gasteiger partial charge in [-0.05, 0) is 43.4 Å². The molecule has 0 spiro atoms. The summed E-state index contributed by atoms with van der Waals surface area (Å²) in [4.78, 5) is 2.50. The van der Waals surface area contributed by atoms with Crippen LogP contribution in [0.25, 0.3) is 0 Å². The molecule has 1 aliphatic rings. The van der Waals surface area contributed by atoms with Gasteiger partial charge < -0.3 is 15.0 Å². The lowest BCUT2D eigenvalue weighted by Crippen LogP contribution is -2.37. The summed E-state index contributed by atoms with van der Waals surface area (Å²) in [6.45, 7) is 9.40. The molecule has 0 bridgehead atoms. The van der Waals surface area contributed by atoms with E-state index in [2.05, 4.69) is 55.3 Å². The van der Waals surface area contributed by atoms with Gasteiger partial charge in [0, 0.05) is 38.0 Å². The minimum absolute atomic E-state index is 0.526. The van der Waals surface area contributed by atoms with Gasteiger partial charge in [0.25, 0.3) is 0 Å². The number of hydrogen-bond acceptors (Lipinski definition) is 3. The summed E-state index contributed by atoms with van der Waals surface area (Å²) in [5.41, 5.74) is 2.66. The van der Waals surface area contributed by atoms with Crippen molar-refractivity contribution in [2.24, 2.45) is 5.92 Å². The molecular formula is C18H30N2O. The summed E-state index contributed by atoms with van der Waals surface area (Å²) in [5.74, 6) is 0.865. The molecule has 1 atom stereocenters. The smallest absolute Gasteiger partial charge is 0.0637 e. The first-order valence-electron chi connectivity index (χ1n) is 8.19. The Morgan fingerprint density at radius 2 is 1.86 bits per heavy atom. The minimum atomic E-state index is 0.526. The molecule has 1 aromatic rings. The van der Waals surface area contributed by atoms with Crippen molar-refractivity contribution < 1.29 is 4.74 Å². The van der Waals surface area contributed by atoms with Gasteiger partial charge in [0.1, 0.15) is 0 Å². The second-order valence-electron chi connectivity index (χ2n) is 6.47. The summed E-state index contributed by atoms with van der Waals surface area (Å²) >= 11 is 0. The van der Waals surface area contributed by atoms with Gasteiger partial charge in [-0.3, -0.25) is 0 Å². The zero-order valence-electron chi connectivity index (χ0n) is 13.9. The first kappa shape index (κ1) is 16.3. The van der Waals surface area contributed by atoms with Crippen molar-refractivity contribution in [3.63, 3.8) is 0 Å². The first-order valence-corrected chi connectivity index (χ1v) is 8.19. The molecule has 3 nitrogen and oxygen atoms in total. The summed E-state index contributed by atoms with van der Waals surface area (Å²) in [5, 5.41) is 3.46. The van der Waals surface area contributed by atoms with Crippen LogP contribution >= 0.6 is 0 Å². The molecule has 1 aromatic carbocycles. The molecular weight excluding hydrogens is 260 g/mol. The normalized spacial score (nSPS) is 16.2. The standard InChI is InChI=1S/C18H30N2O/c1-14(2)19-13-16-5-9-18(10-6-16)20(11-12-21-4)15(3)17-7-8-17/h5-6,9-10,14-15,17,19H,7-8,11-13H2,1-4H3. The van der Waals surface area contributed by atoms with Crippen LogP contribution in [0.2, 0.25) is 0 Å². The van der Waals surface area contributed by atoms with Crippen LogP contribution in [0.3, 0.4) is 0 Å². The Labute approximate surface area is 129 Å². The lowest BCUT2D eigenvalue weighted by molar-refractivity contribution is 0.202. The van der Waals surface area contributed by atoms with E-state index in [0.29, 0.717) is 12.1 Å². The molecule has 0 amide bonds. The van der Waals surface area contributed by atoms with Crippen molar-refractivity contribution in [3.05, 3.63) is 29.8 Å². The van der Waals surface area contributed by atoms with Crippen molar-refractivity contribution in [1.82, 2.24) is 5.32 Å². The predicted octanol–water partition coefficient (Wildman–Crippen LogP) is 3.44. The molecule has 21 heavy (non-hydrogen) atoms. The van der Waals surface area contributed by atoms with Gasteiger partial charge in [0.05, 0.1) is 6.61 Å². The topological polar surface area (TPSA) is 24.5 Å². The van der Waals surface area contributed by atoms with Crippen molar-refractivity contribution in [2.75, 3.05) is 25.2 Å². The fourth-order valence-electron chi connectivity index (χ4n) is 2.72. The van der Waals surface area contributed by atoms with Crippen LogP contribution in [0.15, 0.2) is 24.3 Å². The molecule has 1 unspecified atom stereocenters. The molecule has 1 N–H and O–H groups in total. The van der Waals surface area contributed by atoms with E-state index in [0.717, 1.165) is 25.6 Å². The van der Waals surface area contributed by atoms with Crippen LogP contribution < -0.4 is 10.2 Å². The van der Waals surface area contributed by atoms with E-state index < -0.39 is 0 Å². The van der Waals surface area contributed by atoms with E-state index in [-0.39, 0.29) is 0 Å². The lowest BCUT2D eigenvalue weighted by Gasteiger charge is -2.31. The van der Waals surface area contributed by atoms with Crippen molar-refractivity contribution >= 4 is 5.69 Å². The number of nitrogens with one attached hydrogen (secondary N) is 1. The molecule has 2 rings (SSSR count). The number of benzene rings is 1. The van der Waals surface area contributed by atoms with Crippen LogP contribution in [-0.4, -0.2) is 32.3 Å². The zero-order valence-corrected chi connectivity index (χ0v) is 13.9. The Balaban J connectivity index is 2.01. The highest BCUT2D eigenvalue weighted by Gasteiger charge is 2.32. The average Bonchev–Trinajstić information content (AvgIpc) is 3.31. The highest BCUT2D eigenvalue weighted by Crippen LogP contribution is 2.36. The fourth-order valence-corrected chi connectivity index (χ4v) is 2.72. The van der Waals surface area contributed by atoms with Gasteiger partial charge in [-0.1, -0.05) is 26.0 Å². The third-order valence-corrected chi connectivity index (χ3v) is 4.31. The van der Waals surface area contributed by atoms with E-state index in [1.807, 2.05) is 0 Å². The first-order chi connectivity index (χ1) is 10.1. The maximum Gasteiger partial charge on any atom is 0.0637 e. The molecule has 118 valence electrons. The summed E-state index contributed by atoms with van der Waals surface area (Å²) in [7, 11) is 1.78. The Morgan fingerprint density at radius 1 is 1.19 bits per heavy atom. The monoisotopic (exact) mass is 290 g/mol. The van der Waals surface area contributed by atoms with Crippen LogP contribution in [0.1, 0.15) is 39.2 Å². The van der Waals surface area contributed by atoms with Gasteiger partial charge in [-0.2, -0.15) is 0 Å². The van der Waals surface area contributed by atoms with E-state index in [9.17, 15) is 0 Å². The number of anilines is 1. The van der Waals surface area contributed by atoms with Crippen LogP contribution in [0.4, 0.5) is 5.69 Å². The maximum absolute atomic E-state index is 5.28. The van der Waals surface area contributed by atoms with Crippen molar-refractivity contribution in [3.8, 4) is 0 Å². The maximum atomic E-state index is 5.28. The number of methoxy groups -OCH3 is 1. The molecule has 0 aromatic heterocycles. The quantitative estimate of drug-likeness (QED) is 0.754. The Hall–Kier alpha value is -1.06. The van der Waals surface area contributed by atoms with Gasteiger partial charge >= 0.3 is 0 Å². The molecule has 3 heteroatoms. The van der Waals surface area contributed by atoms with E-state index in [1.165, 1.54) is 24.1 Å². The molecule has 0 aliphatic heterocycles. The SMILES string of the molecule is COCCN(c1ccc(CNC(C)C)cc1)C(C)C1CC1. The van der Waals surface area contributed by atoms with Crippen LogP contribution in [0.5, 0.6) is 0 Å².